The van der Waals surface area contributed by atoms with Crippen molar-refractivity contribution in [3.8, 4) is 5.75 Å². The van der Waals surface area contributed by atoms with Crippen molar-refractivity contribution in [3.63, 3.8) is 0 Å². The molecule has 0 heterocycles. The van der Waals surface area contributed by atoms with Crippen LogP contribution in [0.25, 0.3) is 0 Å². The largest absolute Gasteiger partial charge is 0.491 e. The molecular weight excluding hydrogens is 448 g/mol. The van der Waals surface area contributed by atoms with E-state index in [1.54, 1.807) is 48.5 Å². The highest BCUT2D eigenvalue weighted by atomic mass is 32.2. The van der Waals surface area contributed by atoms with Gasteiger partial charge in [-0.15, -0.1) is 0 Å². The normalized spacial score (nSPS) is 11.6. The van der Waals surface area contributed by atoms with Crippen LogP contribution in [0, 0.1) is 0 Å². The van der Waals surface area contributed by atoms with Crippen LogP contribution in [0.2, 0.25) is 0 Å². The molecule has 0 saturated carbocycles. The monoisotopic (exact) mass is 480 g/mol. The van der Waals surface area contributed by atoms with Crippen molar-refractivity contribution in [3.05, 3.63) is 95.6 Å². The fourth-order valence-corrected chi connectivity index (χ4v) is 4.45. The lowest BCUT2D eigenvalue weighted by Gasteiger charge is -2.22. The molecule has 0 bridgehead atoms. The van der Waals surface area contributed by atoms with Gasteiger partial charge in [0.2, 0.25) is 10.0 Å². The fourth-order valence-electron chi connectivity index (χ4n) is 3.56. The molecule has 1 N–H and O–H groups in total. The Balaban J connectivity index is 1.56. The number of hydrogen-bond acceptors (Lipinski definition) is 4. The van der Waals surface area contributed by atoms with Gasteiger partial charge in [-0.25, -0.2) is 8.42 Å². The predicted molar refractivity (Wildman–Crippen MR) is 137 cm³/mol. The predicted octanol–water partition coefficient (Wildman–Crippen LogP) is 4.76. The van der Waals surface area contributed by atoms with Crippen molar-refractivity contribution in [1.82, 2.24) is 5.32 Å². The Hall–Kier alpha value is -3.32. The maximum absolute atomic E-state index is 12.5. The van der Waals surface area contributed by atoms with Crippen LogP contribution < -0.4 is 14.4 Å². The standard InChI is InChI=1S/C27H32N2O4S/c1-27(2,3)24-12-8-9-13-25(24)33-19-18-28-26(30)22-16-14-21(15-17-22)20-29(34(4,31)32)23-10-6-5-7-11-23/h5-17H,18-20H2,1-4H3,(H,28,30). The van der Waals surface area contributed by atoms with Gasteiger partial charge in [0.25, 0.3) is 5.91 Å². The van der Waals surface area contributed by atoms with Crippen LogP contribution in [0.3, 0.4) is 0 Å². The fraction of sp³-hybridized carbons (Fsp3) is 0.296. The summed E-state index contributed by atoms with van der Waals surface area (Å²) < 4.78 is 31.8. The molecule has 0 aliphatic carbocycles. The van der Waals surface area contributed by atoms with Crippen molar-refractivity contribution in [2.45, 2.75) is 32.7 Å². The van der Waals surface area contributed by atoms with E-state index in [9.17, 15) is 13.2 Å². The van der Waals surface area contributed by atoms with Crippen molar-refractivity contribution >= 4 is 21.6 Å². The lowest BCUT2D eigenvalue weighted by atomic mass is 9.86. The molecule has 34 heavy (non-hydrogen) atoms. The van der Waals surface area contributed by atoms with Gasteiger partial charge in [0.1, 0.15) is 12.4 Å². The molecule has 6 nitrogen and oxygen atoms in total. The molecule has 3 rings (SSSR count). The number of benzene rings is 3. The lowest BCUT2D eigenvalue weighted by Crippen LogP contribution is -2.29. The molecule has 1 amide bonds. The summed E-state index contributed by atoms with van der Waals surface area (Å²) in [7, 11) is -3.45. The summed E-state index contributed by atoms with van der Waals surface area (Å²) >= 11 is 0. The number of rotatable bonds is 9. The highest BCUT2D eigenvalue weighted by Gasteiger charge is 2.19. The first-order valence-corrected chi connectivity index (χ1v) is 13.0. The second-order valence-electron chi connectivity index (χ2n) is 9.15. The highest BCUT2D eigenvalue weighted by Crippen LogP contribution is 2.30. The SMILES string of the molecule is CC(C)(C)c1ccccc1OCCNC(=O)c1ccc(CN(c2ccccc2)S(C)(=O)=O)cc1. The molecule has 3 aromatic carbocycles. The minimum absolute atomic E-state index is 0.0330. The van der Waals surface area contributed by atoms with E-state index in [0.717, 1.165) is 16.9 Å². The van der Waals surface area contributed by atoms with E-state index in [2.05, 4.69) is 32.2 Å². The summed E-state index contributed by atoms with van der Waals surface area (Å²) in [6.07, 6.45) is 1.18. The van der Waals surface area contributed by atoms with E-state index < -0.39 is 10.0 Å². The Labute approximate surface area is 202 Å². The van der Waals surface area contributed by atoms with Crippen LogP contribution in [0.5, 0.6) is 5.75 Å². The van der Waals surface area contributed by atoms with E-state index in [0.29, 0.717) is 24.4 Å². The third-order valence-corrected chi connectivity index (χ3v) is 6.47. The van der Waals surface area contributed by atoms with E-state index in [4.69, 9.17) is 4.74 Å². The van der Waals surface area contributed by atoms with Gasteiger partial charge in [-0.1, -0.05) is 69.3 Å². The van der Waals surface area contributed by atoms with Gasteiger partial charge in [-0.2, -0.15) is 0 Å². The molecule has 0 aliphatic heterocycles. The van der Waals surface area contributed by atoms with Gasteiger partial charge in [0, 0.05) is 5.56 Å². The summed E-state index contributed by atoms with van der Waals surface area (Å²) in [4.78, 5) is 12.5. The van der Waals surface area contributed by atoms with E-state index in [-0.39, 0.29) is 17.9 Å². The molecule has 7 heteroatoms. The summed E-state index contributed by atoms with van der Waals surface area (Å²) in [6, 6.07) is 23.8. The van der Waals surface area contributed by atoms with Gasteiger partial charge < -0.3 is 10.1 Å². The first-order valence-electron chi connectivity index (χ1n) is 11.2. The maximum Gasteiger partial charge on any atom is 0.251 e. The quantitative estimate of drug-likeness (QED) is 0.448. The Morgan fingerprint density at radius 3 is 2.15 bits per heavy atom. The van der Waals surface area contributed by atoms with Crippen molar-refractivity contribution < 1.29 is 17.9 Å². The van der Waals surface area contributed by atoms with Gasteiger partial charge >= 0.3 is 0 Å². The molecule has 3 aromatic rings. The number of ether oxygens (including phenoxy) is 1. The van der Waals surface area contributed by atoms with Crippen LogP contribution in [0.1, 0.15) is 42.3 Å². The zero-order chi connectivity index (χ0) is 24.8. The lowest BCUT2D eigenvalue weighted by molar-refractivity contribution is 0.0946. The topological polar surface area (TPSA) is 75.7 Å². The maximum atomic E-state index is 12.5. The van der Waals surface area contributed by atoms with Gasteiger partial charge in [-0.05, 0) is 46.9 Å². The number of nitrogens with one attached hydrogen (secondary N) is 1. The summed E-state index contributed by atoms with van der Waals surface area (Å²) in [6.45, 7) is 7.32. The first-order chi connectivity index (χ1) is 16.1. The van der Waals surface area contributed by atoms with Crippen LogP contribution >= 0.6 is 0 Å². The molecule has 0 aromatic heterocycles. The minimum Gasteiger partial charge on any atom is -0.491 e. The molecular formula is C27H32N2O4S. The highest BCUT2D eigenvalue weighted by molar-refractivity contribution is 7.92. The number of carbonyl (C=O) groups is 1. The second kappa shape index (κ2) is 10.7. The number of para-hydroxylation sites is 2. The zero-order valence-corrected chi connectivity index (χ0v) is 20.9. The van der Waals surface area contributed by atoms with Crippen LogP contribution in [0.15, 0.2) is 78.9 Å². The molecule has 0 aliphatic rings. The summed E-state index contributed by atoms with van der Waals surface area (Å²) in [5, 5.41) is 2.87. The average Bonchev–Trinajstić information content (AvgIpc) is 2.80. The van der Waals surface area contributed by atoms with Crippen LogP contribution in [-0.4, -0.2) is 33.7 Å². The van der Waals surface area contributed by atoms with E-state index in [1.807, 2.05) is 24.3 Å². The number of hydrogen-bond donors (Lipinski definition) is 1. The minimum atomic E-state index is -3.45. The molecule has 180 valence electrons. The Morgan fingerprint density at radius 2 is 1.53 bits per heavy atom. The van der Waals surface area contributed by atoms with Crippen molar-refractivity contribution in [2.24, 2.45) is 0 Å². The number of carbonyl (C=O) groups excluding carboxylic acids is 1. The molecule has 0 spiro atoms. The third-order valence-electron chi connectivity index (χ3n) is 5.33. The summed E-state index contributed by atoms with van der Waals surface area (Å²) in [5.41, 5.74) is 2.97. The first kappa shape index (κ1) is 25.3. The number of sulfonamides is 1. The van der Waals surface area contributed by atoms with E-state index >= 15 is 0 Å². The Kier molecular flexibility index (Phi) is 7.99. The molecule has 0 radical (unpaired) electrons. The van der Waals surface area contributed by atoms with Crippen molar-refractivity contribution in [2.75, 3.05) is 23.7 Å². The van der Waals surface area contributed by atoms with E-state index in [1.165, 1.54) is 10.6 Å². The Bertz CT molecular complexity index is 1200. The number of anilines is 1. The van der Waals surface area contributed by atoms with Crippen LogP contribution in [-0.2, 0) is 22.0 Å². The van der Waals surface area contributed by atoms with Gasteiger partial charge in [0.15, 0.2) is 0 Å². The van der Waals surface area contributed by atoms with Crippen LogP contribution in [0.4, 0.5) is 5.69 Å². The zero-order valence-electron chi connectivity index (χ0n) is 20.1. The molecule has 0 unspecified atom stereocenters. The Morgan fingerprint density at radius 1 is 0.912 bits per heavy atom. The molecule has 0 saturated heterocycles. The van der Waals surface area contributed by atoms with Gasteiger partial charge in [0.05, 0.1) is 25.0 Å². The van der Waals surface area contributed by atoms with Gasteiger partial charge in [-0.3, -0.25) is 9.10 Å². The number of nitrogens with zero attached hydrogens (tertiary/aromatic N) is 1. The average molecular weight is 481 g/mol. The summed E-state index contributed by atoms with van der Waals surface area (Å²) in [5.74, 6) is 0.615. The van der Waals surface area contributed by atoms with Crippen molar-refractivity contribution in [1.29, 1.82) is 0 Å². The third kappa shape index (κ3) is 6.84. The molecule has 0 fully saturated rings. The smallest absolute Gasteiger partial charge is 0.251 e. The molecule has 0 atom stereocenters. The number of amides is 1. The second-order valence-corrected chi connectivity index (χ2v) is 11.1.